The summed E-state index contributed by atoms with van der Waals surface area (Å²) >= 11 is 0. The minimum absolute atomic E-state index is 0.0626. The number of phenols is 2. The first kappa shape index (κ1) is 21.6. The highest BCUT2D eigenvalue weighted by Crippen LogP contribution is 2.41. The maximum atomic E-state index is 12.1. The highest BCUT2D eigenvalue weighted by Gasteiger charge is 2.33. The van der Waals surface area contributed by atoms with Gasteiger partial charge in [-0.15, -0.1) is 0 Å². The Labute approximate surface area is 156 Å². The lowest BCUT2D eigenvalue weighted by Gasteiger charge is -2.24. The molecule has 0 atom stereocenters. The molecule has 0 aliphatic carbocycles. The van der Waals surface area contributed by atoms with Crippen LogP contribution in [-0.4, -0.2) is 22.8 Å². The van der Waals surface area contributed by atoms with Crippen molar-refractivity contribution in [2.75, 3.05) is 6.61 Å². The van der Waals surface area contributed by atoms with Crippen LogP contribution in [0.4, 0.5) is 0 Å². The second kappa shape index (κ2) is 8.75. The lowest BCUT2D eigenvalue weighted by molar-refractivity contribution is -0.148. The minimum Gasteiger partial charge on any atom is -0.507 e. The zero-order chi connectivity index (χ0) is 20.1. The third-order valence-electron chi connectivity index (χ3n) is 4.11. The number of carbonyl (C=O) groups excluding carboxylic acids is 1. The van der Waals surface area contributed by atoms with Gasteiger partial charge in [0.05, 0.1) is 17.6 Å². The number of benzene rings is 2. The van der Waals surface area contributed by atoms with E-state index in [2.05, 4.69) is 0 Å². The fraction of sp³-hybridized carbons (Fsp3) is 0.409. The highest BCUT2D eigenvalue weighted by molar-refractivity contribution is 5.85. The molecule has 0 saturated heterocycles. The minimum atomic E-state index is -0.966. The van der Waals surface area contributed by atoms with Gasteiger partial charge in [0, 0.05) is 0 Å². The number of aromatic hydroxyl groups is 2. The second-order valence-electron chi connectivity index (χ2n) is 6.61. The second-order valence-corrected chi connectivity index (χ2v) is 6.61. The normalized spacial score (nSPS) is 10.7. The van der Waals surface area contributed by atoms with E-state index in [0.717, 1.165) is 16.7 Å². The number of ether oxygens (including phenoxy) is 1. The summed E-state index contributed by atoms with van der Waals surface area (Å²) in [5.74, 6) is -0.525. The summed E-state index contributed by atoms with van der Waals surface area (Å²) < 4.78 is 5.08. The zero-order valence-electron chi connectivity index (χ0n) is 16.8. The van der Waals surface area contributed by atoms with Gasteiger partial charge in [-0.1, -0.05) is 43.2 Å². The van der Waals surface area contributed by atoms with E-state index in [0.29, 0.717) is 11.1 Å². The first-order valence-electron chi connectivity index (χ1n) is 8.99. The number of aryl methyl sites for hydroxylation is 2. The molecule has 26 heavy (non-hydrogen) atoms. The van der Waals surface area contributed by atoms with Crippen molar-refractivity contribution in [3.8, 4) is 22.6 Å². The molecule has 4 nitrogen and oxygen atoms in total. The number of rotatable bonds is 4. The van der Waals surface area contributed by atoms with E-state index in [-0.39, 0.29) is 18.1 Å². The van der Waals surface area contributed by atoms with Crippen molar-refractivity contribution >= 4 is 5.97 Å². The molecule has 0 unspecified atom stereocenters. The smallest absolute Gasteiger partial charge is 0.315 e. The van der Waals surface area contributed by atoms with E-state index in [1.807, 2.05) is 45.9 Å². The van der Waals surface area contributed by atoms with Crippen LogP contribution in [-0.2, 0) is 14.9 Å². The molecule has 0 heterocycles. The average molecular weight is 358 g/mol. The number of hydrogen-bond donors (Lipinski definition) is 2. The Morgan fingerprint density at radius 1 is 0.962 bits per heavy atom. The molecule has 0 bridgehead atoms. The molecule has 0 radical (unpaired) electrons. The summed E-state index contributed by atoms with van der Waals surface area (Å²) in [6, 6.07) is 8.86. The predicted molar refractivity (Wildman–Crippen MR) is 106 cm³/mol. The van der Waals surface area contributed by atoms with Crippen LogP contribution in [0.3, 0.4) is 0 Å². The Balaban J connectivity index is 0.00000163. The number of carbonyl (C=O) groups is 1. The van der Waals surface area contributed by atoms with E-state index >= 15 is 0 Å². The molecule has 0 saturated carbocycles. The van der Waals surface area contributed by atoms with Crippen LogP contribution < -0.4 is 0 Å². The van der Waals surface area contributed by atoms with E-state index in [9.17, 15) is 15.0 Å². The van der Waals surface area contributed by atoms with Crippen LogP contribution >= 0.6 is 0 Å². The van der Waals surface area contributed by atoms with Crippen molar-refractivity contribution in [1.82, 2.24) is 0 Å². The highest BCUT2D eigenvalue weighted by atomic mass is 16.5. The molecule has 0 fully saturated rings. The summed E-state index contributed by atoms with van der Waals surface area (Å²) in [6.07, 6.45) is 0. The standard InChI is InChI=1S/C20H24O4.C2H6/c1-6-24-19(23)20(4,5)15-10-16(21)18(17(22)11-15)14-8-12(2)7-13(3)9-14;1-2/h7-11,21-22H,6H2,1-5H3;1-2H3. The van der Waals surface area contributed by atoms with Crippen molar-refractivity contribution < 1.29 is 19.7 Å². The molecule has 0 aromatic heterocycles. The number of esters is 1. The van der Waals surface area contributed by atoms with Gasteiger partial charge >= 0.3 is 5.97 Å². The van der Waals surface area contributed by atoms with E-state index in [4.69, 9.17) is 4.74 Å². The lowest BCUT2D eigenvalue weighted by Crippen LogP contribution is -2.31. The van der Waals surface area contributed by atoms with Gasteiger partial charge in [0.25, 0.3) is 0 Å². The van der Waals surface area contributed by atoms with Gasteiger partial charge in [0.1, 0.15) is 11.5 Å². The van der Waals surface area contributed by atoms with Crippen LogP contribution in [0.2, 0.25) is 0 Å². The zero-order valence-corrected chi connectivity index (χ0v) is 16.8. The fourth-order valence-corrected chi connectivity index (χ4v) is 2.82. The van der Waals surface area contributed by atoms with Crippen LogP contribution in [0.5, 0.6) is 11.5 Å². The van der Waals surface area contributed by atoms with E-state index in [1.54, 1.807) is 20.8 Å². The Morgan fingerprint density at radius 3 is 1.85 bits per heavy atom. The van der Waals surface area contributed by atoms with Crippen LogP contribution in [0.1, 0.15) is 51.3 Å². The van der Waals surface area contributed by atoms with Gasteiger partial charge in [-0.3, -0.25) is 4.79 Å². The fourth-order valence-electron chi connectivity index (χ4n) is 2.82. The maximum Gasteiger partial charge on any atom is 0.315 e. The van der Waals surface area contributed by atoms with Gasteiger partial charge in [-0.05, 0) is 57.9 Å². The van der Waals surface area contributed by atoms with Crippen molar-refractivity contribution in [3.05, 3.63) is 47.0 Å². The Hall–Kier alpha value is -2.49. The quantitative estimate of drug-likeness (QED) is 0.733. The van der Waals surface area contributed by atoms with Crippen LogP contribution in [0.15, 0.2) is 30.3 Å². The summed E-state index contributed by atoms with van der Waals surface area (Å²) in [5, 5.41) is 20.9. The van der Waals surface area contributed by atoms with Crippen molar-refractivity contribution in [1.29, 1.82) is 0 Å². The Bertz CT molecular complexity index is 732. The third-order valence-corrected chi connectivity index (χ3v) is 4.11. The molecule has 0 aliphatic rings. The van der Waals surface area contributed by atoms with Gasteiger partial charge in [-0.25, -0.2) is 0 Å². The van der Waals surface area contributed by atoms with E-state index < -0.39 is 11.4 Å². The molecule has 2 N–H and O–H groups in total. The van der Waals surface area contributed by atoms with Crippen molar-refractivity contribution in [2.24, 2.45) is 0 Å². The first-order chi connectivity index (χ1) is 12.2. The van der Waals surface area contributed by atoms with Gasteiger partial charge < -0.3 is 14.9 Å². The summed E-state index contributed by atoms with van der Waals surface area (Å²) in [7, 11) is 0. The summed E-state index contributed by atoms with van der Waals surface area (Å²) in [6.45, 7) is 13.4. The molecular weight excluding hydrogens is 328 g/mol. The molecule has 142 valence electrons. The molecule has 2 aromatic carbocycles. The van der Waals surface area contributed by atoms with Crippen LogP contribution in [0, 0.1) is 13.8 Å². The average Bonchev–Trinajstić information content (AvgIpc) is 2.55. The maximum absolute atomic E-state index is 12.1. The first-order valence-corrected chi connectivity index (χ1v) is 8.99. The van der Waals surface area contributed by atoms with Crippen LogP contribution in [0.25, 0.3) is 11.1 Å². The lowest BCUT2D eigenvalue weighted by atomic mass is 9.83. The summed E-state index contributed by atoms with van der Waals surface area (Å²) in [4.78, 5) is 12.1. The molecule has 0 aliphatic heterocycles. The monoisotopic (exact) mass is 358 g/mol. The molecule has 0 amide bonds. The number of hydrogen-bond acceptors (Lipinski definition) is 4. The predicted octanol–water partition coefficient (Wildman–Crippen LogP) is 5.25. The largest absolute Gasteiger partial charge is 0.507 e. The molecule has 4 heteroatoms. The molecule has 2 rings (SSSR count). The third kappa shape index (κ3) is 4.57. The Kier molecular flexibility index (Phi) is 7.25. The van der Waals surface area contributed by atoms with Gasteiger partial charge in [-0.2, -0.15) is 0 Å². The van der Waals surface area contributed by atoms with Gasteiger partial charge in [0.15, 0.2) is 0 Å². The van der Waals surface area contributed by atoms with E-state index in [1.165, 1.54) is 12.1 Å². The van der Waals surface area contributed by atoms with Crippen molar-refractivity contribution in [3.63, 3.8) is 0 Å². The summed E-state index contributed by atoms with van der Waals surface area (Å²) in [5.41, 5.74) is 2.73. The SMILES string of the molecule is CC.CCOC(=O)C(C)(C)c1cc(O)c(-c2cc(C)cc(C)c2)c(O)c1. The van der Waals surface area contributed by atoms with Crippen molar-refractivity contribution in [2.45, 2.75) is 53.9 Å². The topological polar surface area (TPSA) is 66.8 Å². The number of phenolic OH excluding ortho intramolecular Hbond substituents is 2. The molecule has 0 spiro atoms. The Morgan fingerprint density at radius 2 is 1.42 bits per heavy atom. The molecule has 2 aromatic rings. The molecular formula is C22H30O4. The van der Waals surface area contributed by atoms with Gasteiger partial charge in [0.2, 0.25) is 0 Å².